The van der Waals surface area contributed by atoms with Gasteiger partial charge in [0.25, 0.3) is 0 Å². The summed E-state index contributed by atoms with van der Waals surface area (Å²) >= 11 is 0. The first-order valence-corrected chi connectivity index (χ1v) is 4.52. The monoisotopic (exact) mass is 261 g/mol. The van der Waals surface area contributed by atoms with Crippen LogP contribution in [0.2, 0.25) is 0 Å². The molecule has 1 aromatic heterocycles. The van der Waals surface area contributed by atoms with Crippen molar-refractivity contribution in [2.24, 2.45) is 0 Å². The Kier molecular flexibility index (Phi) is 3.70. The van der Waals surface area contributed by atoms with Gasteiger partial charge in [-0.3, -0.25) is 0 Å². The van der Waals surface area contributed by atoms with Crippen molar-refractivity contribution in [1.82, 2.24) is 4.98 Å². The molecule has 6 nitrogen and oxygen atoms in total. The smallest absolute Gasteiger partial charge is 0.366 e. The molecule has 0 bridgehead atoms. The Hall–Kier alpha value is -2.37. The van der Waals surface area contributed by atoms with E-state index in [-0.39, 0.29) is 17.5 Å². The fraction of sp³-hybridized carbons (Fsp3) is 0.333. The Morgan fingerprint density at radius 3 is 2.67 bits per heavy atom. The molecule has 0 aliphatic carbocycles. The van der Waals surface area contributed by atoms with Crippen molar-refractivity contribution < 1.29 is 22.8 Å². The summed E-state index contributed by atoms with van der Waals surface area (Å²) in [6, 6.07) is 2.58. The number of hydrogen-bond acceptors (Lipinski definition) is 5. The average Bonchev–Trinajstić information content (AvgIpc) is 2.19. The number of alkyl halides is 3. The van der Waals surface area contributed by atoms with Crippen LogP contribution in [0.5, 0.6) is 5.88 Å². The number of aromatic nitrogens is 1. The fourth-order valence-corrected chi connectivity index (χ4v) is 1.27. The summed E-state index contributed by atoms with van der Waals surface area (Å²) in [5, 5.41) is 19.2. The van der Waals surface area contributed by atoms with Gasteiger partial charge in [-0.2, -0.15) is 5.26 Å². The normalized spacial score (nSPS) is 10.8. The summed E-state index contributed by atoms with van der Waals surface area (Å²) in [6.45, 7) is 1.34. The first kappa shape index (κ1) is 13.7. The van der Waals surface area contributed by atoms with Crippen LogP contribution < -0.4 is 4.74 Å². The first-order valence-electron chi connectivity index (χ1n) is 4.52. The Balaban J connectivity index is 3.28. The van der Waals surface area contributed by atoms with E-state index in [9.17, 15) is 23.3 Å². The number of nitriles is 1. The molecule has 0 aliphatic heterocycles. The molecule has 0 aliphatic rings. The average molecular weight is 261 g/mol. The van der Waals surface area contributed by atoms with E-state index < -0.39 is 23.0 Å². The second kappa shape index (κ2) is 4.87. The van der Waals surface area contributed by atoms with Gasteiger partial charge in [-0.25, -0.2) is 0 Å². The summed E-state index contributed by atoms with van der Waals surface area (Å²) in [5.41, 5.74) is 0.106. The lowest BCUT2D eigenvalue weighted by molar-refractivity contribution is -0.390. The highest BCUT2D eigenvalue weighted by molar-refractivity contribution is 5.44. The number of rotatable bonds is 3. The quantitative estimate of drug-likeness (QED) is 0.615. The lowest BCUT2D eigenvalue weighted by Crippen LogP contribution is -2.18. The van der Waals surface area contributed by atoms with Crippen LogP contribution >= 0.6 is 0 Å². The third-order valence-corrected chi connectivity index (χ3v) is 1.95. The molecule has 9 heteroatoms. The van der Waals surface area contributed by atoms with Gasteiger partial charge in [0.2, 0.25) is 0 Å². The van der Waals surface area contributed by atoms with Crippen LogP contribution in [0.1, 0.15) is 11.1 Å². The van der Waals surface area contributed by atoms with E-state index in [1.54, 1.807) is 6.07 Å². The highest BCUT2D eigenvalue weighted by atomic mass is 19.4. The Morgan fingerprint density at radius 2 is 2.22 bits per heavy atom. The van der Waals surface area contributed by atoms with Crippen LogP contribution in [0.3, 0.4) is 0 Å². The summed E-state index contributed by atoms with van der Waals surface area (Å²) < 4.78 is 39.4. The molecule has 0 amide bonds. The maximum atomic E-state index is 12.0. The largest absolute Gasteiger partial charge is 0.575 e. The van der Waals surface area contributed by atoms with Crippen molar-refractivity contribution in [1.29, 1.82) is 5.26 Å². The summed E-state index contributed by atoms with van der Waals surface area (Å²) in [6.07, 6.45) is -5.30. The van der Waals surface area contributed by atoms with Crippen molar-refractivity contribution in [3.63, 3.8) is 0 Å². The number of aryl methyl sites for hydroxylation is 1. The maximum absolute atomic E-state index is 12.0. The fourth-order valence-electron chi connectivity index (χ4n) is 1.27. The molecular weight excluding hydrogens is 255 g/mol. The SMILES string of the molecule is Cc1cc(OC(F)(F)F)nc([N+](=O)[O-])c1CC#N. The van der Waals surface area contributed by atoms with Crippen LogP contribution in [0, 0.1) is 28.4 Å². The minimum Gasteiger partial charge on any atom is -0.366 e. The zero-order chi connectivity index (χ0) is 13.9. The van der Waals surface area contributed by atoms with Crippen molar-refractivity contribution in [3.8, 4) is 11.9 Å². The molecule has 0 N–H and O–H groups in total. The topological polar surface area (TPSA) is 89.1 Å². The molecule has 0 saturated carbocycles. The van der Waals surface area contributed by atoms with Gasteiger partial charge >= 0.3 is 18.1 Å². The second-order valence-electron chi connectivity index (χ2n) is 3.22. The Bertz CT molecular complexity index is 522. The van der Waals surface area contributed by atoms with Crippen molar-refractivity contribution >= 4 is 5.82 Å². The van der Waals surface area contributed by atoms with Crippen LogP contribution in [0.25, 0.3) is 0 Å². The third-order valence-electron chi connectivity index (χ3n) is 1.95. The van der Waals surface area contributed by atoms with E-state index in [0.29, 0.717) is 0 Å². The number of nitro groups is 1. The van der Waals surface area contributed by atoms with Gasteiger partial charge in [-0.15, -0.1) is 13.2 Å². The summed E-state index contributed by atoms with van der Waals surface area (Å²) in [5.74, 6) is -1.73. The summed E-state index contributed by atoms with van der Waals surface area (Å²) in [4.78, 5) is 12.9. The lowest BCUT2D eigenvalue weighted by Gasteiger charge is -2.07. The summed E-state index contributed by atoms with van der Waals surface area (Å²) in [7, 11) is 0. The van der Waals surface area contributed by atoms with Gasteiger partial charge in [0.15, 0.2) is 0 Å². The standard InChI is InChI=1S/C9H6F3N3O3/c1-5-4-7(18-9(10,11)12)14-8(15(16)17)6(5)2-3-13/h4H,2H2,1H3. The second-order valence-corrected chi connectivity index (χ2v) is 3.22. The molecule has 0 radical (unpaired) electrons. The molecule has 0 saturated heterocycles. The zero-order valence-electron chi connectivity index (χ0n) is 8.98. The van der Waals surface area contributed by atoms with Crippen LogP contribution in [0.4, 0.5) is 19.0 Å². The highest BCUT2D eigenvalue weighted by Crippen LogP contribution is 2.28. The zero-order valence-corrected chi connectivity index (χ0v) is 8.98. The van der Waals surface area contributed by atoms with E-state index in [4.69, 9.17) is 5.26 Å². The van der Waals surface area contributed by atoms with Gasteiger partial charge in [-0.05, 0) is 17.4 Å². The van der Waals surface area contributed by atoms with Gasteiger partial charge < -0.3 is 14.9 Å². The maximum Gasteiger partial charge on any atom is 0.575 e. The predicted octanol–water partition coefficient (Wildman–Crippen LogP) is 2.26. The van der Waals surface area contributed by atoms with E-state index in [1.165, 1.54) is 6.92 Å². The van der Waals surface area contributed by atoms with E-state index in [2.05, 4.69) is 9.72 Å². The van der Waals surface area contributed by atoms with Crippen LogP contribution in [-0.4, -0.2) is 16.3 Å². The minimum absolute atomic E-state index is 0.0305. The van der Waals surface area contributed by atoms with Gasteiger partial charge in [0.1, 0.15) is 0 Å². The molecule has 1 heterocycles. The first-order chi connectivity index (χ1) is 8.24. The molecule has 0 aromatic carbocycles. The lowest BCUT2D eigenvalue weighted by atomic mass is 10.1. The third kappa shape index (κ3) is 3.31. The van der Waals surface area contributed by atoms with E-state index >= 15 is 0 Å². The highest BCUT2D eigenvalue weighted by Gasteiger charge is 2.35. The van der Waals surface area contributed by atoms with Crippen molar-refractivity contribution in [3.05, 3.63) is 27.3 Å². The number of nitrogens with zero attached hydrogens (tertiary/aromatic N) is 3. The molecule has 0 fully saturated rings. The van der Waals surface area contributed by atoms with Crippen LogP contribution in [0.15, 0.2) is 6.07 Å². The Labute approximate surface area is 98.8 Å². The van der Waals surface area contributed by atoms with Gasteiger partial charge in [0.05, 0.1) is 18.1 Å². The molecule has 0 unspecified atom stereocenters. The van der Waals surface area contributed by atoms with Crippen LogP contribution in [-0.2, 0) is 6.42 Å². The molecular formula is C9H6F3N3O3. The molecule has 0 atom stereocenters. The number of hydrogen-bond donors (Lipinski definition) is 0. The number of halogens is 3. The molecule has 18 heavy (non-hydrogen) atoms. The number of pyridine rings is 1. The molecule has 1 rings (SSSR count). The predicted molar refractivity (Wildman–Crippen MR) is 51.6 cm³/mol. The van der Waals surface area contributed by atoms with Crippen molar-refractivity contribution in [2.75, 3.05) is 0 Å². The van der Waals surface area contributed by atoms with Gasteiger partial charge in [-0.1, -0.05) is 0 Å². The Morgan fingerprint density at radius 1 is 1.61 bits per heavy atom. The molecule has 1 aromatic rings. The van der Waals surface area contributed by atoms with Gasteiger partial charge in [0, 0.05) is 11.1 Å². The van der Waals surface area contributed by atoms with Crippen molar-refractivity contribution in [2.45, 2.75) is 19.7 Å². The van der Waals surface area contributed by atoms with E-state index in [0.717, 1.165) is 6.07 Å². The minimum atomic E-state index is -4.98. The molecule has 96 valence electrons. The van der Waals surface area contributed by atoms with E-state index in [1.807, 2.05) is 0 Å². The molecule has 0 spiro atoms. The number of ether oxygens (including phenoxy) is 1.